The second kappa shape index (κ2) is 8.66. The van der Waals surface area contributed by atoms with Crippen molar-refractivity contribution in [3.8, 4) is 11.3 Å². The summed E-state index contributed by atoms with van der Waals surface area (Å²) in [5.74, 6) is 1.12. The van der Waals surface area contributed by atoms with E-state index in [1.54, 1.807) is 24.5 Å². The number of carbonyl (C=O) groups is 1. The van der Waals surface area contributed by atoms with Crippen molar-refractivity contribution in [1.82, 2.24) is 30.2 Å². The average molecular weight is 453 g/mol. The second-order valence-corrected chi connectivity index (χ2v) is 8.71. The highest BCUT2D eigenvalue weighted by Crippen LogP contribution is 2.25. The molecule has 4 heterocycles. The lowest BCUT2D eigenvalue weighted by Gasteiger charge is -2.15. The summed E-state index contributed by atoms with van der Waals surface area (Å²) in [6.07, 6.45) is 9.69. The Morgan fingerprint density at radius 2 is 1.82 bits per heavy atom. The van der Waals surface area contributed by atoms with Gasteiger partial charge in [0, 0.05) is 42.5 Å². The molecule has 1 aromatic carbocycles. The van der Waals surface area contributed by atoms with E-state index < -0.39 is 0 Å². The van der Waals surface area contributed by atoms with Gasteiger partial charge >= 0.3 is 0 Å². The summed E-state index contributed by atoms with van der Waals surface area (Å²) in [6.45, 7) is 2.04. The Morgan fingerprint density at radius 3 is 2.62 bits per heavy atom. The third kappa shape index (κ3) is 4.36. The summed E-state index contributed by atoms with van der Waals surface area (Å²) in [7, 11) is 0. The SMILES string of the molecule is O=C(NC1CC1)c1ccc(Nc2nccc(-c3ccc4nc(N5CCCC5)ncc4c3)n2)cn1. The van der Waals surface area contributed by atoms with Gasteiger partial charge in [-0.05, 0) is 56.0 Å². The van der Waals surface area contributed by atoms with Crippen LogP contribution in [0, 0.1) is 0 Å². The number of nitrogens with one attached hydrogen (secondary N) is 2. The van der Waals surface area contributed by atoms with Crippen LogP contribution in [0.2, 0.25) is 0 Å². The lowest BCUT2D eigenvalue weighted by molar-refractivity contribution is 0.0946. The second-order valence-electron chi connectivity index (χ2n) is 8.71. The molecule has 0 spiro atoms. The van der Waals surface area contributed by atoms with E-state index in [1.165, 1.54) is 12.8 Å². The molecule has 1 saturated carbocycles. The van der Waals surface area contributed by atoms with Crippen molar-refractivity contribution >= 4 is 34.4 Å². The molecular formula is C25H24N8O. The van der Waals surface area contributed by atoms with Crippen LogP contribution in [-0.4, -0.2) is 50.0 Å². The van der Waals surface area contributed by atoms with E-state index >= 15 is 0 Å². The maximum absolute atomic E-state index is 12.1. The number of aromatic nitrogens is 5. The number of hydrogen-bond acceptors (Lipinski definition) is 8. The molecule has 1 aliphatic carbocycles. The van der Waals surface area contributed by atoms with Gasteiger partial charge < -0.3 is 15.5 Å². The van der Waals surface area contributed by atoms with Gasteiger partial charge in [0.25, 0.3) is 5.91 Å². The van der Waals surface area contributed by atoms with Crippen molar-refractivity contribution in [1.29, 1.82) is 0 Å². The van der Waals surface area contributed by atoms with Crippen molar-refractivity contribution < 1.29 is 4.79 Å². The van der Waals surface area contributed by atoms with Crippen LogP contribution >= 0.6 is 0 Å². The van der Waals surface area contributed by atoms with E-state index in [9.17, 15) is 4.79 Å². The van der Waals surface area contributed by atoms with Crippen LogP contribution in [0.15, 0.2) is 55.0 Å². The minimum atomic E-state index is -0.139. The Hall–Kier alpha value is -4.14. The molecule has 2 aliphatic rings. The van der Waals surface area contributed by atoms with E-state index in [1.807, 2.05) is 30.5 Å². The Labute approximate surface area is 196 Å². The largest absolute Gasteiger partial charge is 0.348 e. The van der Waals surface area contributed by atoms with Crippen molar-refractivity contribution in [3.05, 3.63) is 60.7 Å². The lowest BCUT2D eigenvalue weighted by Crippen LogP contribution is -2.26. The zero-order valence-electron chi connectivity index (χ0n) is 18.6. The van der Waals surface area contributed by atoms with Gasteiger partial charge in [0.1, 0.15) is 5.69 Å². The number of hydrogen-bond donors (Lipinski definition) is 2. The summed E-state index contributed by atoms with van der Waals surface area (Å²) in [4.78, 5) is 36.9. The highest BCUT2D eigenvalue weighted by Gasteiger charge is 2.24. The maximum atomic E-state index is 12.1. The van der Waals surface area contributed by atoms with Gasteiger partial charge in [0.2, 0.25) is 11.9 Å². The zero-order valence-corrected chi connectivity index (χ0v) is 18.6. The van der Waals surface area contributed by atoms with Crippen LogP contribution in [0.4, 0.5) is 17.6 Å². The number of rotatable bonds is 6. The maximum Gasteiger partial charge on any atom is 0.270 e. The van der Waals surface area contributed by atoms with Gasteiger partial charge in [-0.25, -0.2) is 24.9 Å². The summed E-state index contributed by atoms with van der Waals surface area (Å²) in [5, 5.41) is 7.07. The molecule has 1 saturated heterocycles. The van der Waals surface area contributed by atoms with Gasteiger partial charge in [-0.2, -0.15) is 0 Å². The number of amides is 1. The molecule has 9 nitrogen and oxygen atoms in total. The van der Waals surface area contributed by atoms with Gasteiger partial charge in [0.05, 0.1) is 23.1 Å². The highest BCUT2D eigenvalue weighted by atomic mass is 16.2. The van der Waals surface area contributed by atoms with Crippen molar-refractivity contribution in [2.24, 2.45) is 0 Å². The first-order valence-corrected chi connectivity index (χ1v) is 11.6. The molecule has 0 unspecified atom stereocenters. The molecule has 1 amide bonds. The molecule has 0 radical (unpaired) electrons. The fraction of sp³-hybridized carbons (Fsp3) is 0.280. The van der Waals surface area contributed by atoms with Crippen LogP contribution in [-0.2, 0) is 0 Å². The van der Waals surface area contributed by atoms with E-state index in [0.717, 1.165) is 54.0 Å². The number of pyridine rings is 1. The van der Waals surface area contributed by atoms with E-state index in [4.69, 9.17) is 4.98 Å². The zero-order chi connectivity index (χ0) is 22.9. The van der Waals surface area contributed by atoms with Gasteiger partial charge in [0.15, 0.2) is 0 Å². The topological polar surface area (TPSA) is 109 Å². The molecule has 1 aliphatic heterocycles. The molecule has 0 atom stereocenters. The minimum Gasteiger partial charge on any atom is -0.348 e. The molecule has 34 heavy (non-hydrogen) atoms. The van der Waals surface area contributed by atoms with Crippen molar-refractivity contribution in [2.75, 3.05) is 23.3 Å². The predicted molar refractivity (Wildman–Crippen MR) is 130 cm³/mol. The Morgan fingerprint density at radius 1 is 0.941 bits per heavy atom. The number of carbonyl (C=O) groups excluding carboxylic acids is 1. The van der Waals surface area contributed by atoms with Gasteiger partial charge in [-0.1, -0.05) is 6.07 Å². The number of nitrogens with zero attached hydrogens (tertiary/aromatic N) is 6. The van der Waals surface area contributed by atoms with Crippen LogP contribution in [0.25, 0.3) is 22.2 Å². The Kier molecular flexibility index (Phi) is 5.21. The number of benzene rings is 1. The predicted octanol–water partition coefficient (Wildman–Crippen LogP) is 3.72. The Balaban J connectivity index is 1.19. The molecule has 3 aromatic heterocycles. The summed E-state index contributed by atoms with van der Waals surface area (Å²) >= 11 is 0. The molecule has 170 valence electrons. The smallest absolute Gasteiger partial charge is 0.270 e. The quantitative estimate of drug-likeness (QED) is 0.456. The molecule has 2 N–H and O–H groups in total. The number of fused-ring (bicyclic) bond motifs is 1. The van der Waals surface area contributed by atoms with E-state index in [2.05, 4.69) is 35.5 Å². The first-order chi connectivity index (χ1) is 16.7. The lowest BCUT2D eigenvalue weighted by atomic mass is 10.1. The normalized spacial score (nSPS) is 15.5. The Bertz CT molecular complexity index is 1350. The van der Waals surface area contributed by atoms with Gasteiger partial charge in [-0.15, -0.1) is 0 Å². The van der Waals surface area contributed by atoms with Crippen LogP contribution < -0.4 is 15.5 Å². The third-order valence-corrected chi connectivity index (χ3v) is 6.07. The first kappa shape index (κ1) is 20.5. The fourth-order valence-electron chi connectivity index (χ4n) is 4.05. The number of anilines is 3. The molecule has 2 fully saturated rings. The standard InChI is InChI=1S/C25H24N8O/c34-23(29-18-4-5-18)22-8-6-19(15-27-22)30-24-26-10-9-21(31-24)16-3-7-20-17(13-16)14-28-25(32-20)33-11-1-2-12-33/h3,6-10,13-15,18H,1-2,4-5,11-12H2,(H,29,34)(H,26,30,31). The summed E-state index contributed by atoms with van der Waals surface area (Å²) in [6, 6.07) is 11.7. The molecule has 6 rings (SSSR count). The summed E-state index contributed by atoms with van der Waals surface area (Å²) < 4.78 is 0. The van der Waals surface area contributed by atoms with Crippen molar-refractivity contribution in [3.63, 3.8) is 0 Å². The molecule has 9 heteroatoms. The minimum absolute atomic E-state index is 0.139. The van der Waals surface area contributed by atoms with Gasteiger partial charge in [-0.3, -0.25) is 4.79 Å². The van der Waals surface area contributed by atoms with Crippen molar-refractivity contribution in [2.45, 2.75) is 31.7 Å². The molecule has 4 aromatic rings. The first-order valence-electron chi connectivity index (χ1n) is 11.6. The summed E-state index contributed by atoms with van der Waals surface area (Å²) in [5.41, 5.74) is 3.78. The van der Waals surface area contributed by atoms with E-state index in [0.29, 0.717) is 23.4 Å². The monoisotopic (exact) mass is 452 g/mol. The molecule has 0 bridgehead atoms. The third-order valence-electron chi connectivity index (χ3n) is 6.07. The van der Waals surface area contributed by atoms with Crippen LogP contribution in [0.3, 0.4) is 0 Å². The van der Waals surface area contributed by atoms with E-state index in [-0.39, 0.29) is 5.91 Å². The molecular weight excluding hydrogens is 428 g/mol. The van der Waals surface area contributed by atoms with Crippen LogP contribution in [0.1, 0.15) is 36.2 Å². The van der Waals surface area contributed by atoms with Crippen LogP contribution in [0.5, 0.6) is 0 Å². The average Bonchev–Trinajstić information content (AvgIpc) is 3.51. The fourth-order valence-corrected chi connectivity index (χ4v) is 4.05. The highest BCUT2D eigenvalue weighted by molar-refractivity contribution is 5.92.